The van der Waals surface area contributed by atoms with Crippen LogP contribution in [0.3, 0.4) is 0 Å². The van der Waals surface area contributed by atoms with Gasteiger partial charge in [0, 0.05) is 25.2 Å². The molecule has 1 amide bonds. The Morgan fingerprint density at radius 2 is 2.20 bits per heavy atom. The van der Waals surface area contributed by atoms with E-state index in [4.69, 9.17) is 15.2 Å². The number of hydrogen-bond acceptors (Lipinski definition) is 6. The predicted octanol–water partition coefficient (Wildman–Crippen LogP) is 1.71. The minimum absolute atomic E-state index is 0.00876. The minimum Gasteiger partial charge on any atom is -0.493 e. The van der Waals surface area contributed by atoms with Gasteiger partial charge in [0.1, 0.15) is 0 Å². The van der Waals surface area contributed by atoms with E-state index in [1.165, 1.54) is 0 Å². The van der Waals surface area contributed by atoms with Crippen molar-refractivity contribution < 1.29 is 14.3 Å². The number of benzene rings is 1. The number of rotatable bonds is 5. The molecule has 0 atom stereocenters. The summed E-state index contributed by atoms with van der Waals surface area (Å²) in [5.41, 5.74) is 8.08. The Labute approximate surface area is 154 Å². The Morgan fingerprint density at radius 3 is 2.88 bits per heavy atom. The second-order valence-corrected chi connectivity index (χ2v) is 6.58. The standard InChI is InChI=1S/C17H18BrN4O3/c1-24-14-6-10(5-12(18)15(14)25-2)8-22-4-3-11-7-20-17(16(19)23)21-13(11)9-22/h5-6H,3-4,8-9H2,1-2H3,(H2,19,23). The summed E-state index contributed by atoms with van der Waals surface area (Å²) in [4.78, 5) is 21.7. The maximum absolute atomic E-state index is 11.3. The summed E-state index contributed by atoms with van der Waals surface area (Å²) in [6.45, 7) is 2.18. The Morgan fingerprint density at radius 1 is 1.40 bits per heavy atom. The number of halogens is 1. The molecule has 0 saturated carbocycles. The highest BCUT2D eigenvalue weighted by Crippen LogP contribution is 2.36. The molecule has 2 aromatic rings. The van der Waals surface area contributed by atoms with Crippen LogP contribution in [0.25, 0.3) is 0 Å². The number of carbonyl (C=O) groups excluding carboxylic acids is 1. The smallest absolute Gasteiger partial charge is 0.286 e. The third-order valence-electron chi connectivity index (χ3n) is 4.06. The first-order valence-corrected chi connectivity index (χ1v) is 8.51. The Balaban J connectivity index is 1.80. The van der Waals surface area contributed by atoms with Gasteiger partial charge in [-0.3, -0.25) is 9.69 Å². The Kier molecular flexibility index (Phi) is 5.19. The van der Waals surface area contributed by atoms with Gasteiger partial charge in [0.15, 0.2) is 11.5 Å². The predicted molar refractivity (Wildman–Crippen MR) is 94.4 cm³/mol. The minimum atomic E-state index is -0.639. The second kappa shape index (κ2) is 7.37. The van der Waals surface area contributed by atoms with E-state index in [1.807, 2.05) is 12.1 Å². The van der Waals surface area contributed by atoms with Crippen LogP contribution in [0.2, 0.25) is 0 Å². The van der Waals surface area contributed by atoms with Crippen molar-refractivity contribution in [2.75, 3.05) is 20.8 Å². The Hall–Kier alpha value is -2.19. The molecule has 1 radical (unpaired) electrons. The number of hydrogen-bond donors (Lipinski definition) is 1. The monoisotopic (exact) mass is 405 g/mol. The fourth-order valence-electron chi connectivity index (χ4n) is 2.86. The van der Waals surface area contributed by atoms with Crippen LogP contribution in [0.5, 0.6) is 11.5 Å². The van der Waals surface area contributed by atoms with Crippen molar-refractivity contribution in [3.05, 3.63) is 45.4 Å². The molecular formula is C17H18BrN4O3. The van der Waals surface area contributed by atoms with Crippen LogP contribution in [0.4, 0.5) is 0 Å². The number of ether oxygens (including phenoxy) is 2. The fourth-order valence-corrected chi connectivity index (χ4v) is 3.51. The lowest BCUT2D eigenvalue weighted by atomic mass is 10.1. The molecule has 7 nitrogen and oxygen atoms in total. The van der Waals surface area contributed by atoms with Crippen LogP contribution in [0.15, 0.2) is 16.6 Å². The Bertz CT molecular complexity index is 813. The van der Waals surface area contributed by atoms with E-state index < -0.39 is 5.91 Å². The molecule has 2 N–H and O–H groups in total. The van der Waals surface area contributed by atoms with E-state index in [1.54, 1.807) is 14.2 Å². The van der Waals surface area contributed by atoms with Gasteiger partial charge >= 0.3 is 0 Å². The van der Waals surface area contributed by atoms with Crippen LogP contribution in [0, 0.1) is 6.20 Å². The van der Waals surface area contributed by atoms with Crippen molar-refractivity contribution in [1.82, 2.24) is 14.9 Å². The van der Waals surface area contributed by atoms with Gasteiger partial charge < -0.3 is 15.2 Å². The zero-order valence-corrected chi connectivity index (χ0v) is 15.6. The zero-order chi connectivity index (χ0) is 18.0. The maximum Gasteiger partial charge on any atom is 0.286 e. The highest BCUT2D eigenvalue weighted by atomic mass is 79.9. The molecule has 0 unspecified atom stereocenters. The summed E-state index contributed by atoms with van der Waals surface area (Å²) in [6.07, 6.45) is 3.66. The first-order chi connectivity index (χ1) is 12.0. The molecule has 0 bridgehead atoms. The van der Waals surface area contributed by atoms with E-state index in [2.05, 4.69) is 37.0 Å². The zero-order valence-electron chi connectivity index (χ0n) is 14.0. The molecule has 1 aliphatic heterocycles. The molecule has 0 saturated heterocycles. The van der Waals surface area contributed by atoms with Crippen molar-refractivity contribution in [3.8, 4) is 11.5 Å². The van der Waals surface area contributed by atoms with Crippen LogP contribution < -0.4 is 15.2 Å². The maximum atomic E-state index is 11.3. The summed E-state index contributed by atoms with van der Waals surface area (Å²) in [5.74, 6) is 0.717. The molecule has 0 spiro atoms. The van der Waals surface area contributed by atoms with Gasteiger partial charge in [-0.25, -0.2) is 9.97 Å². The quantitative estimate of drug-likeness (QED) is 0.813. The van der Waals surface area contributed by atoms with E-state index in [9.17, 15) is 4.79 Å². The lowest BCUT2D eigenvalue weighted by Crippen LogP contribution is -2.32. The van der Waals surface area contributed by atoms with Crippen molar-refractivity contribution in [2.45, 2.75) is 19.5 Å². The van der Waals surface area contributed by atoms with Crippen molar-refractivity contribution in [1.29, 1.82) is 0 Å². The average molecular weight is 406 g/mol. The van der Waals surface area contributed by atoms with E-state index in [0.29, 0.717) is 24.6 Å². The first kappa shape index (κ1) is 17.6. The summed E-state index contributed by atoms with van der Waals surface area (Å²) in [7, 11) is 3.22. The number of fused-ring (bicyclic) bond motifs is 1. The van der Waals surface area contributed by atoms with Crippen molar-refractivity contribution >= 4 is 21.8 Å². The van der Waals surface area contributed by atoms with Gasteiger partial charge in [-0.2, -0.15) is 0 Å². The van der Waals surface area contributed by atoms with Gasteiger partial charge in [-0.05, 0) is 40.0 Å². The molecule has 1 aliphatic rings. The highest BCUT2D eigenvalue weighted by molar-refractivity contribution is 9.10. The molecule has 1 aromatic heterocycles. The molecule has 8 heteroatoms. The van der Waals surface area contributed by atoms with Gasteiger partial charge in [0.2, 0.25) is 5.82 Å². The average Bonchev–Trinajstić information content (AvgIpc) is 2.60. The highest BCUT2D eigenvalue weighted by Gasteiger charge is 2.21. The summed E-state index contributed by atoms with van der Waals surface area (Å²) in [6, 6.07) is 3.97. The number of carbonyl (C=O) groups is 1. The number of amides is 1. The van der Waals surface area contributed by atoms with E-state index >= 15 is 0 Å². The summed E-state index contributed by atoms with van der Waals surface area (Å²) < 4.78 is 11.6. The number of aromatic nitrogens is 2. The molecule has 3 rings (SSSR count). The molecule has 2 heterocycles. The van der Waals surface area contributed by atoms with Gasteiger partial charge in [-0.1, -0.05) is 0 Å². The van der Waals surface area contributed by atoms with Gasteiger partial charge in [-0.15, -0.1) is 0 Å². The van der Waals surface area contributed by atoms with Gasteiger partial charge in [0.05, 0.1) is 30.6 Å². The molecule has 25 heavy (non-hydrogen) atoms. The second-order valence-electron chi connectivity index (χ2n) is 5.72. The number of methoxy groups -OCH3 is 2. The van der Waals surface area contributed by atoms with Crippen LogP contribution in [-0.4, -0.2) is 41.5 Å². The SMILES string of the molecule is COc1cc(CN2CCc3[c]nc(C(N)=O)nc3C2)cc(Br)c1OC. The molecular weight excluding hydrogens is 388 g/mol. The number of primary amides is 1. The van der Waals surface area contributed by atoms with Crippen LogP contribution in [0.1, 0.15) is 27.4 Å². The summed E-state index contributed by atoms with van der Waals surface area (Å²) >= 11 is 3.51. The van der Waals surface area contributed by atoms with Crippen LogP contribution >= 0.6 is 15.9 Å². The van der Waals surface area contributed by atoms with E-state index in [0.717, 1.165) is 34.3 Å². The lowest BCUT2D eigenvalue weighted by Gasteiger charge is -2.28. The molecule has 131 valence electrons. The molecule has 1 aromatic carbocycles. The normalized spacial score (nSPS) is 14.0. The van der Waals surface area contributed by atoms with Crippen molar-refractivity contribution in [3.63, 3.8) is 0 Å². The van der Waals surface area contributed by atoms with Gasteiger partial charge in [0.25, 0.3) is 5.91 Å². The topological polar surface area (TPSA) is 90.6 Å². The van der Waals surface area contributed by atoms with Crippen LogP contribution in [-0.2, 0) is 19.5 Å². The number of nitrogens with two attached hydrogens (primary N) is 1. The van der Waals surface area contributed by atoms with Crippen molar-refractivity contribution in [2.24, 2.45) is 5.73 Å². The largest absolute Gasteiger partial charge is 0.493 e. The van der Waals surface area contributed by atoms with E-state index in [-0.39, 0.29) is 5.82 Å². The fraction of sp³-hybridized carbons (Fsp3) is 0.353. The first-order valence-electron chi connectivity index (χ1n) is 7.71. The summed E-state index contributed by atoms with van der Waals surface area (Å²) in [5, 5.41) is 0. The third kappa shape index (κ3) is 3.74. The molecule has 0 fully saturated rings. The molecule has 0 aliphatic carbocycles. The third-order valence-corrected chi connectivity index (χ3v) is 4.65. The lowest BCUT2D eigenvalue weighted by molar-refractivity contribution is 0.0989. The number of nitrogens with zero attached hydrogens (tertiary/aromatic N) is 3.